The first kappa shape index (κ1) is 20.8. The van der Waals surface area contributed by atoms with Crippen molar-refractivity contribution in [3.05, 3.63) is 70.6 Å². The van der Waals surface area contributed by atoms with Crippen LogP contribution in [0.4, 0.5) is 0 Å². The summed E-state index contributed by atoms with van der Waals surface area (Å²) in [5.74, 6) is 0.542. The fourth-order valence-corrected chi connectivity index (χ4v) is 4.07. The van der Waals surface area contributed by atoms with Crippen molar-refractivity contribution in [2.75, 3.05) is 27.2 Å². The van der Waals surface area contributed by atoms with Gasteiger partial charge in [-0.1, -0.05) is 30.3 Å². The van der Waals surface area contributed by atoms with E-state index in [1.807, 2.05) is 36.4 Å². The van der Waals surface area contributed by atoms with Gasteiger partial charge in [0.1, 0.15) is 6.10 Å². The Morgan fingerprint density at radius 1 is 1.14 bits per heavy atom. The van der Waals surface area contributed by atoms with Crippen molar-refractivity contribution in [2.24, 2.45) is 4.99 Å². The molecule has 3 aromatic rings. The average Bonchev–Trinajstić information content (AvgIpc) is 3.20. The third-order valence-electron chi connectivity index (χ3n) is 4.58. The van der Waals surface area contributed by atoms with E-state index in [-0.39, 0.29) is 5.91 Å². The molecule has 7 heteroatoms. The van der Waals surface area contributed by atoms with Crippen molar-refractivity contribution in [2.45, 2.75) is 12.5 Å². The quantitative estimate of drug-likeness (QED) is 0.356. The number of carbonyl (C=O) groups is 1. The van der Waals surface area contributed by atoms with Gasteiger partial charge in [-0.25, -0.2) is 0 Å². The first-order valence-electron chi connectivity index (χ1n) is 9.53. The van der Waals surface area contributed by atoms with Crippen LogP contribution in [0, 0.1) is 0 Å². The highest BCUT2D eigenvalue weighted by Gasteiger charge is 2.12. The average molecular weight is 411 g/mol. The monoisotopic (exact) mass is 410 g/mol. The highest BCUT2D eigenvalue weighted by Crippen LogP contribution is 2.29. The van der Waals surface area contributed by atoms with Gasteiger partial charge in [0.25, 0.3) is 5.91 Å². The number of aliphatic imine (C=N–C) groups is 1. The maximum atomic E-state index is 11.7. The Kier molecular flexibility index (Phi) is 7.21. The molecular formula is C22H26N4O2S. The summed E-state index contributed by atoms with van der Waals surface area (Å²) >= 11 is 1.60. The lowest BCUT2D eigenvalue weighted by Crippen LogP contribution is -2.40. The number of amides is 1. The molecule has 0 fully saturated rings. The van der Waals surface area contributed by atoms with Gasteiger partial charge >= 0.3 is 0 Å². The Balaban J connectivity index is 1.49. The highest BCUT2D eigenvalue weighted by molar-refractivity contribution is 7.19. The van der Waals surface area contributed by atoms with Crippen molar-refractivity contribution in [3.8, 4) is 0 Å². The van der Waals surface area contributed by atoms with Gasteiger partial charge in [-0.2, -0.15) is 0 Å². The number of carbonyl (C=O) groups excluding carboxylic acids is 1. The number of hydrogen-bond donors (Lipinski definition) is 4. The molecule has 0 saturated carbocycles. The van der Waals surface area contributed by atoms with Crippen molar-refractivity contribution in [3.63, 3.8) is 0 Å². The maximum absolute atomic E-state index is 11.7. The Labute approximate surface area is 174 Å². The molecule has 1 atom stereocenters. The number of nitrogens with zero attached hydrogens (tertiary/aromatic N) is 1. The van der Waals surface area contributed by atoms with Crippen LogP contribution in [-0.2, 0) is 6.42 Å². The molecule has 1 heterocycles. The van der Waals surface area contributed by atoms with Crippen LogP contribution >= 0.6 is 11.3 Å². The van der Waals surface area contributed by atoms with E-state index in [4.69, 9.17) is 0 Å². The summed E-state index contributed by atoms with van der Waals surface area (Å²) < 4.78 is 1.17. The summed E-state index contributed by atoms with van der Waals surface area (Å²) in [5, 5.41) is 20.7. The molecule has 0 bridgehead atoms. The second kappa shape index (κ2) is 10.0. The smallest absolute Gasteiger partial charge is 0.251 e. The van der Waals surface area contributed by atoms with E-state index in [0.29, 0.717) is 24.6 Å². The first-order chi connectivity index (χ1) is 14.1. The number of nitrogens with one attached hydrogen (secondary N) is 3. The minimum Gasteiger partial charge on any atom is -0.386 e. The van der Waals surface area contributed by atoms with Crippen LogP contribution < -0.4 is 16.0 Å². The number of aliphatic hydroxyl groups excluding tert-OH is 1. The first-order valence-corrected chi connectivity index (χ1v) is 10.3. The van der Waals surface area contributed by atoms with Crippen LogP contribution in [0.2, 0.25) is 0 Å². The molecule has 1 aromatic heterocycles. The molecule has 0 saturated heterocycles. The van der Waals surface area contributed by atoms with Gasteiger partial charge in [-0.05, 0) is 41.6 Å². The summed E-state index contributed by atoms with van der Waals surface area (Å²) in [7, 11) is 3.33. The van der Waals surface area contributed by atoms with E-state index >= 15 is 0 Å². The van der Waals surface area contributed by atoms with Crippen LogP contribution in [0.25, 0.3) is 10.1 Å². The third-order valence-corrected chi connectivity index (χ3v) is 5.80. The minimum atomic E-state index is -0.602. The summed E-state index contributed by atoms with van der Waals surface area (Å²) in [6.07, 6.45) is 0.153. The predicted octanol–water partition coefficient (Wildman–Crippen LogP) is 2.70. The summed E-state index contributed by atoms with van der Waals surface area (Å²) in [4.78, 5) is 16.9. The van der Waals surface area contributed by atoms with Crippen LogP contribution in [0.1, 0.15) is 26.9 Å². The number of fused-ring (bicyclic) bond motifs is 1. The Morgan fingerprint density at radius 3 is 2.72 bits per heavy atom. The summed E-state index contributed by atoms with van der Waals surface area (Å²) in [5.41, 5.74) is 1.72. The van der Waals surface area contributed by atoms with Gasteiger partial charge in [-0.3, -0.25) is 9.79 Å². The van der Waals surface area contributed by atoms with E-state index in [1.165, 1.54) is 4.70 Å². The van der Waals surface area contributed by atoms with E-state index < -0.39 is 6.10 Å². The van der Waals surface area contributed by atoms with Crippen LogP contribution in [-0.4, -0.2) is 44.2 Å². The van der Waals surface area contributed by atoms with Gasteiger partial charge < -0.3 is 21.1 Å². The van der Waals surface area contributed by atoms with E-state index in [2.05, 4.69) is 33.1 Å². The van der Waals surface area contributed by atoms with Crippen molar-refractivity contribution in [1.82, 2.24) is 16.0 Å². The predicted molar refractivity (Wildman–Crippen MR) is 120 cm³/mol. The number of rotatable bonds is 7. The SMILES string of the molecule is CN=C(NCCc1cccc(C(=O)NC)c1)NCC(O)c1cc2ccccc2s1. The zero-order valence-electron chi connectivity index (χ0n) is 16.6. The van der Waals surface area contributed by atoms with Gasteiger partial charge in [0.2, 0.25) is 0 Å². The minimum absolute atomic E-state index is 0.0903. The van der Waals surface area contributed by atoms with Gasteiger partial charge in [0.05, 0.1) is 0 Å². The molecular weight excluding hydrogens is 384 g/mol. The number of guanidine groups is 1. The molecule has 3 rings (SSSR count). The fraction of sp³-hybridized carbons (Fsp3) is 0.273. The van der Waals surface area contributed by atoms with Gasteiger partial charge in [-0.15, -0.1) is 11.3 Å². The van der Waals surface area contributed by atoms with Gasteiger partial charge in [0.15, 0.2) is 5.96 Å². The summed E-state index contributed by atoms with van der Waals surface area (Å²) in [6.45, 7) is 1.04. The molecule has 4 N–H and O–H groups in total. The van der Waals surface area contributed by atoms with Crippen molar-refractivity contribution < 1.29 is 9.90 Å². The highest BCUT2D eigenvalue weighted by atomic mass is 32.1. The molecule has 1 unspecified atom stereocenters. The second-order valence-electron chi connectivity index (χ2n) is 6.61. The normalized spacial score (nSPS) is 12.6. The molecule has 0 aliphatic carbocycles. The molecule has 6 nitrogen and oxygen atoms in total. The topological polar surface area (TPSA) is 85.8 Å². The van der Waals surface area contributed by atoms with Crippen LogP contribution in [0.3, 0.4) is 0 Å². The number of aliphatic hydroxyl groups is 1. The zero-order chi connectivity index (χ0) is 20.6. The molecule has 152 valence electrons. The standard InChI is InChI=1S/C22H26N4O2S/c1-23-21(28)17-8-5-6-15(12-17)10-11-25-22(24-2)26-14-18(27)20-13-16-7-3-4-9-19(16)29-20/h3-9,12-13,18,27H,10-11,14H2,1-2H3,(H,23,28)(H2,24,25,26). The zero-order valence-corrected chi connectivity index (χ0v) is 17.4. The van der Waals surface area contributed by atoms with Crippen LogP contribution in [0.15, 0.2) is 59.6 Å². The number of hydrogen-bond acceptors (Lipinski definition) is 4. The molecule has 0 aliphatic rings. The maximum Gasteiger partial charge on any atom is 0.251 e. The van der Waals surface area contributed by atoms with Gasteiger partial charge in [0, 0.05) is 42.3 Å². The lowest BCUT2D eigenvalue weighted by molar-refractivity contribution is 0.0963. The Bertz CT molecular complexity index is 966. The molecule has 0 spiro atoms. The number of thiophene rings is 1. The second-order valence-corrected chi connectivity index (χ2v) is 7.73. The molecule has 29 heavy (non-hydrogen) atoms. The lowest BCUT2D eigenvalue weighted by atomic mass is 10.1. The Hall–Kier alpha value is -2.90. The van der Waals surface area contributed by atoms with E-state index in [0.717, 1.165) is 22.2 Å². The molecule has 1 amide bonds. The molecule has 2 aromatic carbocycles. The largest absolute Gasteiger partial charge is 0.386 e. The Morgan fingerprint density at radius 2 is 1.97 bits per heavy atom. The van der Waals surface area contributed by atoms with Crippen LogP contribution in [0.5, 0.6) is 0 Å². The van der Waals surface area contributed by atoms with Crippen molar-refractivity contribution in [1.29, 1.82) is 0 Å². The van der Waals surface area contributed by atoms with E-state index in [9.17, 15) is 9.90 Å². The van der Waals surface area contributed by atoms with E-state index in [1.54, 1.807) is 31.5 Å². The molecule has 0 radical (unpaired) electrons. The fourth-order valence-electron chi connectivity index (χ4n) is 3.02. The third kappa shape index (κ3) is 5.56. The summed E-state index contributed by atoms with van der Waals surface area (Å²) in [6, 6.07) is 17.7. The lowest BCUT2D eigenvalue weighted by Gasteiger charge is -2.14. The van der Waals surface area contributed by atoms with Crippen molar-refractivity contribution >= 4 is 33.3 Å². The number of benzene rings is 2. The molecule has 0 aliphatic heterocycles.